The van der Waals surface area contributed by atoms with E-state index in [1.54, 1.807) is 0 Å². The fourth-order valence-electron chi connectivity index (χ4n) is 3.09. The van der Waals surface area contributed by atoms with Crippen LogP contribution >= 0.6 is 0 Å². The van der Waals surface area contributed by atoms with Crippen molar-refractivity contribution in [3.63, 3.8) is 0 Å². The number of amides is 2. The zero-order chi connectivity index (χ0) is 21.5. The molecule has 3 atom stereocenters. The highest BCUT2D eigenvalue weighted by atomic mass is 19.4. The fraction of sp³-hybridized carbons (Fsp3) is 0.500. The molecule has 1 heterocycles. The lowest BCUT2D eigenvalue weighted by Gasteiger charge is -2.49. The van der Waals surface area contributed by atoms with Crippen LogP contribution in [0.5, 0.6) is 0 Å². The van der Waals surface area contributed by atoms with Gasteiger partial charge in [-0.3, -0.25) is 9.69 Å². The Bertz CT molecular complexity index is 766. The van der Waals surface area contributed by atoms with Gasteiger partial charge >= 0.3 is 24.4 Å². The summed E-state index contributed by atoms with van der Waals surface area (Å²) >= 11 is 0. The molecule has 0 spiro atoms. The number of hydrogen-bond acceptors (Lipinski definition) is 4. The minimum atomic E-state index is -5.57. The highest BCUT2D eigenvalue weighted by Gasteiger charge is 2.70. The smallest absolute Gasteiger partial charge is 0.437 e. The zero-order valence-electron chi connectivity index (χ0n) is 14.6. The first-order chi connectivity index (χ1) is 12.8. The molecule has 28 heavy (non-hydrogen) atoms. The van der Waals surface area contributed by atoms with E-state index in [-0.39, 0.29) is 4.90 Å². The second-order valence-electron chi connectivity index (χ2n) is 6.02. The Labute approximate surface area is 155 Å². The third-order valence-electron chi connectivity index (χ3n) is 4.42. The van der Waals surface area contributed by atoms with Crippen molar-refractivity contribution in [3.05, 3.63) is 35.4 Å². The summed E-state index contributed by atoms with van der Waals surface area (Å²) in [6.07, 6.45) is -10.6. The standard InChI is InChI=1S/C16H16F6N2O4/c1-3-28-12(25)10-11(8-6-4-5-7-9(8)15(17,18)19)23-13(26)24(2)14(10,27)16(20,21)22/h4-7,10-11,27H,3H2,1-2H3,(H,23,26). The predicted octanol–water partition coefficient (Wildman–Crippen LogP) is 2.83. The zero-order valence-corrected chi connectivity index (χ0v) is 14.6. The van der Waals surface area contributed by atoms with Gasteiger partial charge in [-0.15, -0.1) is 0 Å². The molecule has 12 heteroatoms. The molecule has 1 aliphatic heterocycles. The normalized spacial score (nSPS) is 26.0. The number of ether oxygens (including phenoxy) is 1. The van der Waals surface area contributed by atoms with Gasteiger partial charge in [-0.25, -0.2) is 4.79 Å². The Morgan fingerprint density at radius 2 is 1.82 bits per heavy atom. The van der Waals surface area contributed by atoms with Crippen LogP contribution in [0.3, 0.4) is 0 Å². The van der Waals surface area contributed by atoms with Gasteiger partial charge in [0.15, 0.2) is 0 Å². The second-order valence-corrected chi connectivity index (χ2v) is 6.02. The Morgan fingerprint density at radius 1 is 1.25 bits per heavy atom. The molecular weight excluding hydrogens is 398 g/mol. The molecule has 2 rings (SSSR count). The molecule has 1 aromatic rings. The summed E-state index contributed by atoms with van der Waals surface area (Å²) in [5, 5.41) is 12.3. The number of carbonyl (C=O) groups is 2. The average molecular weight is 414 g/mol. The molecule has 1 aromatic carbocycles. The first kappa shape index (κ1) is 21.8. The summed E-state index contributed by atoms with van der Waals surface area (Å²) in [6.45, 7) is 0.878. The third kappa shape index (κ3) is 3.48. The van der Waals surface area contributed by atoms with Crippen LogP contribution in [0.4, 0.5) is 31.1 Å². The lowest BCUT2D eigenvalue weighted by Crippen LogP contribution is -2.73. The first-order valence-electron chi connectivity index (χ1n) is 7.93. The Balaban J connectivity index is 2.75. The summed E-state index contributed by atoms with van der Waals surface area (Å²) in [5.74, 6) is -4.23. The maximum atomic E-state index is 13.7. The highest BCUT2D eigenvalue weighted by Crippen LogP contribution is 2.48. The molecule has 0 radical (unpaired) electrons. The van der Waals surface area contributed by atoms with Crippen molar-refractivity contribution in [3.8, 4) is 0 Å². The van der Waals surface area contributed by atoms with Gasteiger partial charge in [0.25, 0.3) is 5.72 Å². The van der Waals surface area contributed by atoms with E-state index in [2.05, 4.69) is 4.74 Å². The van der Waals surface area contributed by atoms with Gasteiger partial charge in [-0.1, -0.05) is 18.2 Å². The minimum Gasteiger partial charge on any atom is -0.466 e. The predicted molar refractivity (Wildman–Crippen MR) is 81.6 cm³/mol. The summed E-state index contributed by atoms with van der Waals surface area (Å²) in [7, 11) is 0.570. The van der Waals surface area contributed by atoms with Crippen LogP contribution in [-0.4, -0.2) is 47.6 Å². The van der Waals surface area contributed by atoms with Gasteiger partial charge in [0, 0.05) is 7.05 Å². The van der Waals surface area contributed by atoms with Crippen LogP contribution in [0, 0.1) is 5.92 Å². The van der Waals surface area contributed by atoms with E-state index in [0.29, 0.717) is 13.1 Å². The molecule has 156 valence electrons. The quantitative estimate of drug-likeness (QED) is 0.589. The Morgan fingerprint density at radius 3 is 2.32 bits per heavy atom. The number of aliphatic hydroxyl groups is 1. The van der Waals surface area contributed by atoms with E-state index in [1.807, 2.05) is 5.32 Å². The van der Waals surface area contributed by atoms with E-state index < -0.39 is 59.8 Å². The van der Waals surface area contributed by atoms with Crippen molar-refractivity contribution in [2.45, 2.75) is 31.0 Å². The van der Waals surface area contributed by atoms with Crippen LogP contribution < -0.4 is 5.32 Å². The van der Waals surface area contributed by atoms with Crippen molar-refractivity contribution in [2.75, 3.05) is 13.7 Å². The van der Waals surface area contributed by atoms with Crippen molar-refractivity contribution < 1.29 is 45.8 Å². The van der Waals surface area contributed by atoms with Crippen molar-refractivity contribution in [1.29, 1.82) is 0 Å². The number of nitrogens with one attached hydrogen (secondary N) is 1. The number of hydrogen-bond donors (Lipinski definition) is 2. The number of esters is 1. The van der Waals surface area contributed by atoms with Crippen LogP contribution in [0.25, 0.3) is 0 Å². The molecule has 0 aliphatic carbocycles. The van der Waals surface area contributed by atoms with Crippen LogP contribution in [0.1, 0.15) is 24.1 Å². The molecular formula is C16H16F6N2O4. The molecule has 0 aromatic heterocycles. The number of nitrogens with zero attached hydrogens (tertiary/aromatic N) is 1. The minimum absolute atomic E-state index is 0.179. The van der Waals surface area contributed by atoms with Gasteiger partial charge in [0.2, 0.25) is 0 Å². The molecule has 3 unspecified atom stereocenters. The van der Waals surface area contributed by atoms with Gasteiger partial charge in [0.05, 0.1) is 18.2 Å². The molecule has 1 saturated heterocycles. The summed E-state index contributed by atoms with van der Waals surface area (Å²) in [5.41, 5.74) is -6.26. The first-order valence-corrected chi connectivity index (χ1v) is 7.93. The molecule has 1 fully saturated rings. The summed E-state index contributed by atoms with van der Waals surface area (Å²) in [4.78, 5) is 24.2. The van der Waals surface area contributed by atoms with E-state index in [4.69, 9.17) is 0 Å². The molecule has 2 N–H and O–H groups in total. The number of rotatable bonds is 3. The average Bonchev–Trinajstić information content (AvgIpc) is 2.57. The summed E-state index contributed by atoms with van der Waals surface area (Å²) in [6, 6.07) is -0.145. The maximum Gasteiger partial charge on any atom is 0.437 e. The molecule has 0 saturated carbocycles. The number of carbonyl (C=O) groups excluding carboxylic acids is 2. The van der Waals surface area contributed by atoms with Crippen molar-refractivity contribution in [1.82, 2.24) is 10.2 Å². The SMILES string of the molecule is CCOC(=O)C1C(c2ccccc2C(F)(F)F)NC(=O)N(C)C1(O)C(F)(F)F. The topological polar surface area (TPSA) is 78.9 Å². The highest BCUT2D eigenvalue weighted by molar-refractivity contribution is 5.83. The Hall–Kier alpha value is -2.50. The largest absolute Gasteiger partial charge is 0.466 e. The van der Waals surface area contributed by atoms with E-state index in [1.165, 1.54) is 6.92 Å². The molecule has 1 aliphatic rings. The molecule has 6 nitrogen and oxygen atoms in total. The molecule has 0 bridgehead atoms. The fourth-order valence-corrected chi connectivity index (χ4v) is 3.09. The monoisotopic (exact) mass is 414 g/mol. The lowest BCUT2D eigenvalue weighted by atomic mass is 9.79. The Kier molecular flexibility index (Phi) is 5.57. The van der Waals surface area contributed by atoms with E-state index >= 15 is 0 Å². The van der Waals surface area contributed by atoms with Gasteiger partial charge in [-0.05, 0) is 18.6 Å². The second kappa shape index (κ2) is 7.15. The maximum absolute atomic E-state index is 13.7. The lowest BCUT2D eigenvalue weighted by molar-refractivity contribution is -0.328. The summed E-state index contributed by atoms with van der Waals surface area (Å²) < 4.78 is 85.8. The number of urea groups is 1. The van der Waals surface area contributed by atoms with Crippen LogP contribution in [0.2, 0.25) is 0 Å². The van der Waals surface area contributed by atoms with E-state index in [0.717, 1.165) is 18.2 Å². The molecule has 2 amide bonds. The number of halogens is 6. The van der Waals surface area contributed by atoms with Gasteiger partial charge < -0.3 is 15.2 Å². The van der Waals surface area contributed by atoms with Gasteiger partial charge in [-0.2, -0.15) is 26.3 Å². The third-order valence-corrected chi connectivity index (χ3v) is 4.42. The van der Waals surface area contributed by atoms with Gasteiger partial charge in [0.1, 0.15) is 5.92 Å². The number of benzene rings is 1. The van der Waals surface area contributed by atoms with Crippen LogP contribution in [0.15, 0.2) is 24.3 Å². The van der Waals surface area contributed by atoms with E-state index in [9.17, 15) is 41.0 Å². The van der Waals surface area contributed by atoms with Crippen molar-refractivity contribution in [2.24, 2.45) is 5.92 Å². The van der Waals surface area contributed by atoms with Crippen molar-refractivity contribution >= 4 is 12.0 Å². The van der Waals surface area contributed by atoms with Crippen LogP contribution in [-0.2, 0) is 15.7 Å². The number of alkyl halides is 6.